The minimum Gasteiger partial charge on any atom is -0.479 e. The highest BCUT2D eigenvalue weighted by Gasteiger charge is 2.32. The molecular weight excluding hydrogens is 258 g/mol. The maximum absolute atomic E-state index is 11.0. The van der Waals surface area contributed by atoms with Gasteiger partial charge < -0.3 is 14.4 Å². The Labute approximate surface area is 108 Å². The van der Waals surface area contributed by atoms with E-state index < -0.39 is 10.1 Å². The van der Waals surface area contributed by atoms with Crippen molar-refractivity contribution in [2.75, 3.05) is 26.2 Å². The molecule has 0 aromatic rings. The lowest BCUT2D eigenvalue weighted by atomic mass is 9.89. The molecule has 2 heterocycles. The molecule has 1 saturated heterocycles. The van der Waals surface area contributed by atoms with Crippen molar-refractivity contribution in [3.05, 3.63) is 12.5 Å². The van der Waals surface area contributed by atoms with Crippen molar-refractivity contribution in [3.63, 3.8) is 0 Å². The normalized spacial score (nSPS) is 32.6. The summed E-state index contributed by atoms with van der Waals surface area (Å²) in [6.07, 6.45) is 5.22. The maximum atomic E-state index is 11.0. The first-order chi connectivity index (χ1) is 8.46. The Morgan fingerprint density at radius 3 is 2.89 bits per heavy atom. The lowest BCUT2D eigenvalue weighted by Gasteiger charge is -2.37. The largest absolute Gasteiger partial charge is 0.479 e. The van der Waals surface area contributed by atoms with E-state index in [1.165, 1.54) is 0 Å². The second kappa shape index (κ2) is 5.46. The van der Waals surface area contributed by atoms with Crippen LogP contribution in [0, 0.1) is 11.8 Å². The van der Waals surface area contributed by atoms with Gasteiger partial charge in [0.1, 0.15) is 12.5 Å². The zero-order valence-electron chi connectivity index (χ0n) is 10.6. The van der Waals surface area contributed by atoms with Gasteiger partial charge in [-0.2, -0.15) is 8.42 Å². The van der Waals surface area contributed by atoms with Crippen LogP contribution in [0.2, 0.25) is 0 Å². The molecule has 2 aliphatic heterocycles. The van der Waals surface area contributed by atoms with Gasteiger partial charge in [0.25, 0.3) is 10.1 Å². The molecule has 0 aromatic carbocycles. The second-order valence-corrected chi connectivity index (χ2v) is 6.49. The van der Waals surface area contributed by atoms with Crippen molar-refractivity contribution >= 4 is 10.1 Å². The molecule has 0 amide bonds. The first kappa shape index (κ1) is 13.6. The van der Waals surface area contributed by atoms with E-state index in [-0.39, 0.29) is 24.7 Å². The Bertz CT molecular complexity index is 408. The molecule has 2 rings (SSSR count). The third-order valence-electron chi connectivity index (χ3n) is 3.30. The number of nitrogens with zero attached hydrogens (tertiary/aromatic N) is 1. The number of rotatable bonds is 4. The third-order valence-corrected chi connectivity index (χ3v) is 3.86. The van der Waals surface area contributed by atoms with Gasteiger partial charge >= 0.3 is 0 Å². The summed E-state index contributed by atoms with van der Waals surface area (Å²) in [6.45, 7) is 3.35. The monoisotopic (exact) mass is 277 g/mol. The standard InChI is InChI=1S/C11H19NO5S/c1-9-6-16-11(12-3-4-15-8-12)5-10(9)7-17-18(2,13)14/h3-4,9-11H,5-8H2,1-2H3. The topological polar surface area (TPSA) is 65.1 Å². The number of ether oxygens (including phenoxy) is 2. The summed E-state index contributed by atoms with van der Waals surface area (Å²) in [4.78, 5) is 1.96. The van der Waals surface area contributed by atoms with Gasteiger partial charge in [0.2, 0.25) is 0 Å². The van der Waals surface area contributed by atoms with Crippen LogP contribution in [0.4, 0.5) is 0 Å². The van der Waals surface area contributed by atoms with Crippen molar-refractivity contribution in [2.45, 2.75) is 19.6 Å². The summed E-state index contributed by atoms with van der Waals surface area (Å²) in [5.74, 6) is 0.461. The van der Waals surface area contributed by atoms with Crippen LogP contribution in [0.5, 0.6) is 0 Å². The fourth-order valence-corrected chi connectivity index (χ4v) is 2.53. The second-order valence-electron chi connectivity index (χ2n) is 4.84. The SMILES string of the molecule is CC1COC(N2C=COC2)CC1COS(C)(=O)=O. The highest BCUT2D eigenvalue weighted by atomic mass is 32.2. The molecule has 104 valence electrons. The van der Waals surface area contributed by atoms with Crippen LogP contribution < -0.4 is 0 Å². The van der Waals surface area contributed by atoms with Crippen LogP contribution in [0.25, 0.3) is 0 Å². The van der Waals surface area contributed by atoms with Crippen molar-refractivity contribution in [2.24, 2.45) is 11.8 Å². The van der Waals surface area contributed by atoms with E-state index in [4.69, 9.17) is 13.7 Å². The van der Waals surface area contributed by atoms with Gasteiger partial charge in [-0.05, 0) is 18.3 Å². The molecule has 2 aliphatic rings. The molecule has 0 bridgehead atoms. The fraction of sp³-hybridized carbons (Fsp3) is 0.818. The van der Waals surface area contributed by atoms with Crippen molar-refractivity contribution in [1.29, 1.82) is 0 Å². The van der Waals surface area contributed by atoms with Crippen molar-refractivity contribution < 1.29 is 22.1 Å². The highest BCUT2D eigenvalue weighted by molar-refractivity contribution is 7.85. The van der Waals surface area contributed by atoms with E-state index in [9.17, 15) is 8.42 Å². The minimum atomic E-state index is -3.38. The summed E-state index contributed by atoms with van der Waals surface area (Å²) in [5.41, 5.74) is 0. The maximum Gasteiger partial charge on any atom is 0.264 e. The third kappa shape index (κ3) is 3.60. The minimum absolute atomic E-state index is 0.0619. The Hall–Kier alpha value is -0.790. The van der Waals surface area contributed by atoms with Gasteiger partial charge in [-0.15, -0.1) is 0 Å². The van der Waals surface area contributed by atoms with Crippen molar-refractivity contribution in [3.8, 4) is 0 Å². The lowest BCUT2D eigenvalue weighted by Crippen LogP contribution is -2.42. The van der Waals surface area contributed by atoms with Gasteiger partial charge in [-0.3, -0.25) is 4.18 Å². The predicted octanol–water partition coefficient (Wildman–Crippen LogP) is 0.722. The first-order valence-corrected chi connectivity index (χ1v) is 7.77. The molecule has 0 aliphatic carbocycles. The Morgan fingerprint density at radius 2 is 2.28 bits per heavy atom. The van der Waals surface area contributed by atoms with E-state index >= 15 is 0 Å². The number of hydrogen-bond acceptors (Lipinski definition) is 6. The zero-order valence-corrected chi connectivity index (χ0v) is 11.4. The summed E-state index contributed by atoms with van der Waals surface area (Å²) < 4.78 is 37.8. The Kier molecular flexibility index (Phi) is 4.14. The zero-order chi connectivity index (χ0) is 13.2. The predicted molar refractivity (Wildman–Crippen MR) is 64.7 cm³/mol. The van der Waals surface area contributed by atoms with E-state index in [0.717, 1.165) is 12.7 Å². The quantitative estimate of drug-likeness (QED) is 0.706. The van der Waals surface area contributed by atoms with Crippen LogP contribution in [0.3, 0.4) is 0 Å². The molecule has 0 N–H and O–H groups in total. The molecule has 0 radical (unpaired) electrons. The van der Waals surface area contributed by atoms with Gasteiger partial charge in [-0.25, -0.2) is 0 Å². The molecule has 7 heteroatoms. The van der Waals surface area contributed by atoms with Gasteiger partial charge in [0.15, 0.2) is 6.73 Å². The molecule has 0 saturated carbocycles. The lowest BCUT2D eigenvalue weighted by molar-refractivity contribution is -0.121. The van der Waals surface area contributed by atoms with Crippen LogP contribution in [-0.4, -0.2) is 45.7 Å². The molecule has 6 nitrogen and oxygen atoms in total. The summed E-state index contributed by atoms with van der Waals surface area (Å²) >= 11 is 0. The van der Waals surface area contributed by atoms with Crippen molar-refractivity contribution in [1.82, 2.24) is 4.90 Å². The average Bonchev–Trinajstić information content (AvgIpc) is 2.80. The van der Waals surface area contributed by atoms with Gasteiger partial charge in [0.05, 0.1) is 19.5 Å². The summed E-state index contributed by atoms with van der Waals surface area (Å²) in [7, 11) is -3.38. The molecular formula is C11H19NO5S. The highest BCUT2D eigenvalue weighted by Crippen LogP contribution is 2.29. The van der Waals surface area contributed by atoms with Gasteiger partial charge in [-0.1, -0.05) is 6.92 Å². The van der Waals surface area contributed by atoms with E-state index in [1.807, 2.05) is 18.0 Å². The molecule has 3 unspecified atom stereocenters. The molecule has 0 aromatic heterocycles. The van der Waals surface area contributed by atoms with Crippen LogP contribution in [0.15, 0.2) is 12.5 Å². The summed E-state index contributed by atoms with van der Waals surface area (Å²) in [6, 6.07) is 0. The smallest absolute Gasteiger partial charge is 0.264 e. The van der Waals surface area contributed by atoms with Crippen LogP contribution in [-0.2, 0) is 23.8 Å². The van der Waals surface area contributed by atoms with E-state index in [1.54, 1.807) is 6.26 Å². The van der Waals surface area contributed by atoms with E-state index in [0.29, 0.717) is 13.3 Å². The summed E-state index contributed by atoms with van der Waals surface area (Å²) in [5, 5.41) is 0. The molecule has 3 atom stereocenters. The first-order valence-electron chi connectivity index (χ1n) is 5.96. The fourth-order valence-electron chi connectivity index (χ4n) is 2.11. The molecule has 0 spiro atoms. The van der Waals surface area contributed by atoms with Crippen LogP contribution in [0.1, 0.15) is 13.3 Å². The Morgan fingerprint density at radius 1 is 1.50 bits per heavy atom. The molecule has 1 fully saturated rings. The Balaban J connectivity index is 1.90. The molecule has 18 heavy (non-hydrogen) atoms. The average molecular weight is 277 g/mol. The van der Waals surface area contributed by atoms with E-state index in [2.05, 4.69) is 0 Å². The van der Waals surface area contributed by atoms with Crippen LogP contribution >= 0.6 is 0 Å². The van der Waals surface area contributed by atoms with Gasteiger partial charge in [0, 0.05) is 6.20 Å². The number of hydrogen-bond donors (Lipinski definition) is 0.